The zero-order valence-corrected chi connectivity index (χ0v) is 10.7. The van der Waals surface area contributed by atoms with E-state index in [9.17, 15) is 5.11 Å². The topological polar surface area (TPSA) is 53.8 Å². The molecule has 0 bridgehead atoms. The summed E-state index contributed by atoms with van der Waals surface area (Å²) in [5, 5.41) is 9.93. The van der Waals surface area contributed by atoms with Crippen molar-refractivity contribution in [3.05, 3.63) is 23.3 Å². The number of hydrogen-bond acceptors (Lipinski definition) is 3. The van der Waals surface area contributed by atoms with Crippen LogP contribution in [0.2, 0.25) is 0 Å². The molecule has 0 saturated heterocycles. The van der Waals surface area contributed by atoms with Crippen LogP contribution in [0.3, 0.4) is 0 Å². The highest BCUT2D eigenvalue weighted by molar-refractivity contribution is 5.62. The second kappa shape index (κ2) is 6.91. The fraction of sp³-hybridized carbons (Fsp3) is 0.462. The summed E-state index contributed by atoms with van der Waals surface area (Å²) in [5.41, 5.74) is 5.29. The molecule has 0 saturated carbocycles. The van der Waals surface area contributed by atoms with Crippen molar-refractivity contribution < 1.29 is 9.94 Å². The maximum atomic E-state index is 9.93. The molecular weight excluding hydrogens is 216 g/mol. The largest absolute Gasteiger partial charge is 0.507 e. The Balaban J connectivity index is 2.89. The number of hydroxylamine groups is 1. The van der Waals surface area contributed by atoms with E-state index in [0.717, 1.165) is 29.7 Å². The summed E-state index contributed by atoms with van der Waals surface area (Å²) in [5.74, 6) is 0.395. The van der Waals surface area contributed by atoms with Gasteiger partial charge >= 0.3 is 0 Å². The molecule has 17 heavy (non-hydrogen) atoms. The SMILES string of the molecule is CCONC=Nc1cc(CC)c(O)c(CC)c1. The van der Waals surface area contributed by atoms with E-state index in [0.29, 0.717) is 12.4 Å². The lowest BCUT2D eigenvalue weighted by molar-refractivity contribution is 0.100. The van der Waals surface area contributed by atoms with Crippen LogP contribution in [0.1, 0.15) is 31.9 Å². The molecular formula is C13H20N2O2. The fourth-order valence-electron chi connectivity index (χ4n) is 1.58. The number of benzene rings is 1. The Morgan fingerprint density at radius 2 is 1.82 bits per heavy atom. The number of nitrogens with one attached hydrogen (secondary N) is 1. The summed E-state index contributed by atoms with van der Waals surface area (Å²) in [6.45, 7) is 6.51. The fourth-order valence-corrected chi connectivity index (χ4v) is 1.58. The molecule has 4 nitrogen and oxygen atoms in total. The zero-order chi connectivity index (χ0) is 12.7. The number of aromatic hydroxyl groups is 1. The zero-order valence-electron chi connectivity index (χ0n) is 10.7. The molecule has 1 rings (SSSR count). The summed E-state index contributed by atoms with van der Waals surface area (Å²) in [6.07, 6.45) is 3.09. The van der Waals surface area contributed by atoms with Crippen molar-refractivity contribution in [3.8, 4) is 5.75 Å². The standard InChI is InChI=1S/C13H20N2O2/c1-4-10-7-12(14-9-15-17-6-3)8-11(5-2)13(10)16/h7-9,16H,4-6H2,1-3H3,(H,14,15). The van der Waals surface area contributed by atoms with Crippen LogP contribution in [0.15, 0.2) is 17.1 Å². The van der Waals surface area contributed by atoms with Gasteiger partial charge in [0, 0.05) is 0 Å². The molecule has 94 valence electrons. The third kappa shape index (κ3) is 3.75. The molecule has 0 aliphatic carbocycles. The molecule has 0 aromatic heterocycles. The molecule has 0 fully saturated rings. The third-order valence-corrected chi connectivity index (χ3v) is 2.51. The van der Waals surface area contributed by atoms with Gasteiger partial charge in [-0.25, -0.2) is 4.99 Å². The summed E-state index contributed by atoms with van der Waals surface area (Å²) >= 11 is 0. The van der Waals surface area contributed by atoms with Crippen LogP contribution >= 0.6 is 0 Å². The summed E-state index contributed by atoms with van der Waals surface area (Å²) in [4.78, 5) is 9.17. The van der Waals surface area contributed by atoms with Gasteiger partial charge in [0.05, 0.1) is 12.3 Å². The predicted molar refractivity (Wildman–Crippen MR) is 69.8 cm³/mol. The Labute approximate surface area is 102 Å². The van der Waals surface area contributed by atoms with Gasteiger partial charge in [-0.05, 0) is 43.0 Å². The first-order valence-corrected chi connectivity index (χ1v) is 5.97. The Bertz CT molecular complexity index is 364. The van der Waals surface area contributed by atoms with Crippen molar-refractivity contribution in [1.82, 2.24) is 5.48 Å². The van der Waals surface area contributed by atoms with Gasteiger partial charge in [0.1, 0.15) is 12.1 Å². The van der Waals surface area contributed by atoms with E-state index < -0.39 is 0 Å². The van der Waals surface area contributed by atoms with Gasteiger partial charge in [-0.15, -0.1) is 0 Å². The van der Waals surface area contributed by atoms with Gasteiger partial charge in [-0.2, -0.15) is 0 Å². The minimum atomic E-state index is 0.395. The minimum Gasteiger partial charge on any atom is -0.507 e. The van der Waals surface area contributed by atoms with E-state index >= 15 is 0 Å². The highest BCUT2D eigenvalue weighted by Gasteiger charge is 2.06. The number of aliphatic imine (C=N–C) groups is 1. The van der Waals surface area contributed by atoms with Gasteiger partial charge in [0.25, 0.3) is 0 Å². The van der Waals surface area contributed by atoms with Crippen LogP contribution in [-0.2, 0) is 17.7 Å². The van der Waals surface area contributed by atoms with E-state index in [4.69, 9.17) is 4.84 Å². The van der Waals surface area contributed by atoms with Crippen molar-refractivity contribution in [2.75, 3.05) is 6.61 Å². The van der Waals surface area contributed by atoms with E-state index in [2.05, 4.69) is 10.5 Å². The van der Waals surface area contributed by atoms with Crippen molar-refractivity contribution in [1.29, 1.82) is 0 Å². The second-order valence-corrected chi connectivity index (χ2v) is 3.63. The molecule has 0 amide bonds. The van der Waals surface area contributed by atoms with Gasteiger partial charge < -0.3 is 5.11 Å². The van der Waals surface area contributed by atoms with Crippen LogP contribution in [-0.4, -0.2) is 18.1 Å². The van der Waals surface area contributed by atoms with Gasteiger partial charge in [0.15, 0.2) is 0 Å². The van der Waals surface area contributed by atoms with Crippen LogP contribution in [0.4, 0.5) is 5.69 Å². The number of rotatable bonds is 6. The van der Waals surface area contributed by atoms with Crippen molar-refractivity contribution in [3.63, 3.8) is 0 Å². The maximum absolute atomic E-state index is 9.93. The van der Waals surface area contributed by atoms with E-state index in [-0.39, 0.29) is 0 Å². The van der Waals surface area contributed by atoms with Gasteiger partial charge in [0.2, 0.25) is 0 Å². The lowest BCUT2D eigenvalue weighted by Gasteiger charge is -2.08. The maximum Gasteiger partial charge on any atom is 0.122 e. The van der Waals surface area contributed by atoms with Crippen LogP contribution < -0.4 is 5.48 Å². The molecule has 4 heteroatoms. The number of hydrogen-bond donors (Lipinski definition) is 2. The monoisotopic (exact) mass is 236 g/mol. The van der Waals surface area contributed by atoms with E-state index in [1.807, 2.05) is 32.9 Å². The van der Waals surface area contributed by atoms with E-state index in [1.165, 1.54) is 6.34 Å². The molecule has 1 aromatic carbocycles. The highest BCUT2D eigenvalue weighted by Crippen LogP contribution is 2.29. The van der Waals surface area contributed by atoms with Crippen molar-refractivity contribution >= 4 is 12.0 Å². The Kier molecular flexibility index (Phi) is 5.49. The van der Waals surface area contributed by atoms with Crippen molar-refractivity contribution in [2.24, 2.45) is 4.99 Å². The molecule has 0 atom stereocenters. The first kappa shape index (κ1) is 13.5. The number of phenolic OH excluding ortho intramolecular Hbond substituents is 1. The Morgan fingerprint density at radius 1 is 1.24 bits per heavy atom. The quantitative estimate of drug-likeness (QED) is 0.345. The molecule has 0 aliphatic heterocycles. The predicted octanol–water partition coefficient (Wildman–Crippen LogP) is 2.72. The van der Waals surface area contributed by atoms with Gasteiger partial charge in [-0.1, -0.05) is 13.8 Å². The van der Waals surface area contributed by atoms with Crippen molar-refractivity contribution in [2.45, 2.75) is 33.6 Å². The highest BCUT2D eigenvalue weighted by atomic mass is 16.6. The molecule has 0 aliphatic rings. The average Bonchev–Trinajstić information content (AvgIpc) is 2.36. The normalized spacial score (nSPS) is 11.0. The summed E-state index contributed by atoms with van der Waals surface area (Å²) in [6, 6.07) is 3.78. The van der Waals surface area contributed by atoms with E-state index in [1.54, 1.807) is 0 Å². The number of phenols is 1. The van der Waals surface area contributed by atoms with Gasteiger partial charge in [-0.3, -0.25) is 10.3 Å². The number of aryl methyl sites for hydroxylation is 2. The second-order valence-electron chi connectivity index (χ2n) is 3.63. The van der Waals surface area contributed by atoms with Crippen LogP contribution in [0, 0.1) is 0 Å². The molecule has 0 unspecified atom stereocenters. The molecule has 0 radical (unpaired) electrons. The third-order valence-electron chi connectivity index (χ3n) is 2.51. The minimum absolute atomic E-state index is 0.395. The Morgan fingerprint density at radius 3 is 2.29 bits per heavy atom. The smallest absolute Gasteiger partial charge is 0.122 e. The lowest BCUT2D eigenvalue weighted by atomic mass is 10.0. The molecule has 1 aromatic rings. The number of nitrogens with zero attached hydrogens (tertiary/aromatic N) is 1. The average molecular weight is 236 g/mol. The van der Waals surface area contributed by atoms with Crippen LogP contribution in [0.5, 0.6) is 5.75 Å². The van der Waals surface area contributed by atoms with Crippen LogP contribution in [0.25, 0.3) is 0 Å². The lowest BCUT2D eigenvalue weighted by Crippen LogP contribution is -2.10. The molecule has 2 N–H and O–H groups in total. The summed E-state index contributed by atoms with van der Waals surface area (Å²) < 4.78 is 0. The molecule has 0 heterocycles. The molecule has 0 spiro atoms. The first-order chi connectivity index (χ1) is 8.22. The Hall–Kier alpha value is -1.55. The first-order valence-electron chi connectivity index (χ1n) is 5.97. The summed E-state index contributed by atoms with van der Waals surface area (Å²) in [7, 11) is 0.